The minimum absolute atomic E-state index is 0.0158. The number of primary amides is 1. The van der Waals surface area contributed by atoms with Crippen LogP contribution in [0.25, 0.3) is 16.9 Å². The predicted octanol–water partition coefficient (Wildman–Crippen LogP) is 3.07. The fourth-order valence-electron chi connectivity index (χ4n) is 3.89. The first-order valence-corrected chi connectivity index (χ1v) is 9.78. The maximum atomic E-state index is 11.5. The summed E-state index contributed by atoms with van der Waals surface area (Å²) in [5, 5.41) is 8.45. The minimum atomic E-state index is -0.180. The molecule has 1 aliphatic rings. The summed E-state index contributed by atoms with van der Waals surface area (Å²) in [5.74, 6) is -0.196. The second-order valence-electron chi connectivity index (χ2n) is 7.36. The monoisotopic (exact) mass is 375 g/mol. The van der Waals surface area contributed by atoms with E-state index < -0.39 is 0 Å². The van der Waals surface area contributed by atoms with E-state index in [1.54, 1.807) is 12.4 Å². The lowest BCUT2D eigenvalue weighted by atomic mass is 9.85. The molecule has 3 N–H and O–H groups in total. The van der Waals surface area contributed by atoms with E-state index in [0.717, 1.165) is 48.2 Å². The Balaban J connectivity index is 1.57. The molecule has 4 rings (SSSR count). The number of aromatic nitrogens is 3. The molecule has 1 amide bonds. The van der Waals surface area contributed by atoms with Crippen LogP contribution in [0.5, 0.6) is 0 Å². The highest BCUT2D eigenvalue weighted by atomic mass is 16.1. The summed E-state index contributed by atoms with van der Waals surface area (Å²) in [6.07, 6.45) is 9.47. The quantitative estimate of drug-likeness (QED) is 0.693. The maximum Gasteiger partial charge on any atom is 0.220 e. The van der Waals surface area contributed by atoms with E-state index in [0.29, 0.717) is 12.6 Å². The molecule has 6 heteroatoms. The molecule has 3 aromatic rings. The molecule has 1 aliphatic carbocycles. The predicted molar refractivity (Wildman–Crippen MR) is 109 cm³/mol. The third-order valence-corrected chi connectivity index (χ3v) is 5.42. The Kier molecular flexibility index (Phi) is 5.48. The van der Waals surface area contributed by atoms with Crippen LogP contribution in [-0.4, -0.2) is 26.7 Å². The van der Waals surface area contributed by atoms with Crippen molar-refractivity contribution in [3.63, 3.8) is 0 Å². The van der Waals surface area contributed by atoms with Crippen molar-refractivity contribution in [1.82, 2.24) is 20.1 Å². The molecule has 0 bridgehead atoms. The van der Waals surface area contributed by atoms with Crippen LogP contribution in [0, 0.1) is 5.92 Å². The van der Waals surface area contributed by atoms with Gasteiger partial charge < -0.3 is 11.1 Å². The average molecular weight is 375 g/mol. The molecule has 2 unspecified atom stereocenters. The lowest BCUT2D eigenvalue weighted by Gasteiger charge is -2.28. The third kappa shape index (κ3) is 4.12. The first-order chi connectivity index (χ1) is 13.7. The minimum Gasteiger partial charge on any atom is -0.369 e. The number of pyridine rings is 1. The second-order valence-corrected chi connectivity index (χ2v) is 7.36. The first kappa shape index (κ1) is 18.4. The van der Waals surface area contributed by atoms with Crippen molar-refractivity contribution < 1.29 is 4.79 Å². The Morgan fingerprint density at radius 2 is 1.93 bits per heavy atom. The zero-order valence-corrected chi connectivity index (χ0v) is 15.8. The van der Waals surface area contributed by atoms with Gasteiger partial charge in [0.2, 0.25) is 5.91 Å². The molecule has 0 radical (unpaired) electrons. The van der Waals surface area contributed by atoms with Gasteiger partial charge >= 0.3 is 0 Å². The zero-order chi connectivity index (χ0) is 19.3. The van der Waals surface area contributed by atoms with Crippen LogP contribution in [0.4, 0.5) is 0 Å². The van der Waals surface area contributed by atoms with Crippen molar-refractivity contribution in [3.8, 4) is 16.9 Å². The van der Waals surface area contributed by atoms with Gasteiger partial charge in [0.05, 0.1) is 11.4 Å². The van der Waals surface area contributed by atoms with Gasteiger partial charge in [-0.1, -0.05) is 24.6 Å². The fourth-order valence-corrected chi connectivity index (χ4v) is 3.89. The van der Waals surface area contributed by atoms with Crippen LogP contribution in [0.2, 0.25) is 0 Å². The highest BCUT2D eigenvalue weighted by Crippen LogP contribution is 2.26. The van der Waals surface area contributed by atoms with E-state index in [-0.39, 0.29) is 11.8 Å². The van der Waals surface area contributed by atoms with E-state index >= 15 is 0 Å². The topological polar surface area (TPSA) is 85.8 Å². The number of rotatable bonds is 6. The Hall–Kier alpha value is -2.99. The van der Waals surface area contributed by atoms with E-state index in [2.05, 4.69) is 16.5 Å². The summed E-state index contributed by atoms with van der Waals surface area (Å²) in [5.41, 5.74) is 9.65. The number of hydrogen-bond donors (Lipinski definition) is 2. The molecule has 0 spiro atoms. The second kappa shape index (κ2) is 8.35. The van der Waals surface area contributed by atoms with Crippen molar-refractivity contribution >= 4 is 5.91 Å². The number of nitrogens with two attached hydrogens (primary N) is 1. The van der Waals surface area contributed by atoms with Gasteiger partial charge in [-0.3, -0.25) is 9.78 Å². The normalized spacial score (nSPS) is 19.4. The molecule has 1 aromatic carbocycles. The van der Waals surface area contributed by atoms with E-state index in [4.69, 9.17) is 10.8 Å². The van der Waals surface area contributed by atoms with Gasteiger partial charge in [0.1, 0.15) is 0 Å². The van der Waals surface area contributed by atoms with Gasteiger partial charge in [0.15, 0.2) is 0 Å². The largest absolute Gasteiger partial charge is 0.369 e. The number of carbonyl (C=O) groups excluding carboxylic acids is 1. The number of para-hydroxylation sites is 1. The molecule has 1 saturated carbocycles. The molecule has 0 aliphatic heterocycles. The van der Waals surface area contributed by atoms with Gasteiger partial charge in [-0.15, -0.1) is 0 Å². The van der Waals surface area contributed by atoms with Crippen LogP contribution in [-0.2, 0) is 11.3 Å². The fraction of sp³-hybridized carbons (Fsp3) is 0.318. The van der Waals surface area contributed by atoms with Gasteiger partial charge in [-0.2, -0.15) is 5.10 Å². The number of carbonyl (C=O) groups is 1. The number of nitrogens with zero attached hydrogens (tertiary/aromatic N) is 3. The van der Waals surface area contributed by atoms with Crippen molar-refractivity contribution in [2.45, 2.75) is 38.3 Å². The smallest absolute Gasteiger partial charge is 0.220 e. The lowest BCUT2D eigenvalue weighted by Crippen LogP contribution is -2.38. The highest BCUT2D eigenvalue weighted by molar-refractivity contribution is 5.76. The van der Waals surface area contributed by atoms with Gasteiger partial charge in [-0.25, -0.2) is 4.68 Å². The number of amides is 1. The van der Waals surface area contributed by atoms with Crippen LogP contribution < -0.4 is 11.1 Å². The Morgan fingerprint density at radius 1 is 1.14 bits per heavy atom. The first-order valence-electron chi connectivity index (χ1n) is 9.78. The Bertz CT molecular complexity index is 923. The summed E-state index contributed by atoms with van der Waals surface area (Å²) in [4.78, 5) is 15.7. The molecule has 0 saturated heterocycles. The molecule has 1 fully saturated rings. The third-order valence-electron chi connectivity index (χ3n) is 5.42. The Labute approximate surface area is 164 Å². The van der Waals surface area contributed by atoms with Crippen molar-refractivity contribution in [3.05, 3.63) is 66.6 Å². The molecule has 2 aromatic heterocycles. The van der Waals surface area contributed by atoms with Gasteiger partial charge in [-0.05, 0) is 43.5 Å². The van der Waals surface area contributed by atoms with Crippen LogP contribution in [0.3, 0.4) is 0 Å². The lowest BCUT2D eigenvalue weighted by molar-refractivity contribution is -0.122. The van der Waals surface area contributed by atoms with E-state index in [1.165, 1.54) is 0 Å². The van der Waals surface area contributed by atoms with Crippen molar-refractivity contribution in [2.75, 3.05) is 0 Å². The molecule has 2 heterocycles. The van der Waals surface area contributed by atoms with Crippen LogP contribution in [0.15, 0.2) is 61.1 Å². The molecular weight excluding hydrogens is 350 g/mol. The summed E-state index contributed by atoms with van der Waals surface area (Å²) >= 11 is 0. The zero-order valence-electron chi connectivity index (χ0n) is 15.8. The Morgan fingerprint density at radius 3 is 2.68 bits per heavy atom. The standard InChI is InChI=1S/C22H25N5O/c23-22(28)17-5-4-6-19(13-17)25-14-18-15-27(20-7-2-1-3-8-20)26-21(18)16-9-11-24-12-10-16/h1-3,7-12,15,17,19,25H,4-6,13-14H2,(H2,23,28). The maximum absolute atomic E-state index is 11.5. The van der Waals surface area contributed by atoms with E-state index in [9.17, 15) is 4.79 Å². The summed E-state index contributed by atoms with van der Waals surface area (Å²) in [7, 11) is 0. The van der Waals surface area contributed by atoms with Crippen molar-refractivity contribution in [2.24, 2.45) is 11.7 Å². The highest BCUT2D eigenvalue weighted by Gasteiger charge is 2.25. The number of benzene rings is 1. The van der Waals surface area contributed by atoms with Crippen LogP contribution >= 0.6 is 0 Å². The summed E-state index contributed by atoms with van der Waals surface area (Å²) < 4.78 is 1.92. The SMILES string of the molecule is NC(=O)C1CCCC(NCc2cn(-c3ccccc3)nc2-c2ccncc2)C1. The van der Waals surface area contributed by atoms with Gasteiger partial charge in [0.25, 0.3) is 0 Å². The number of nitrogens with one attached hydrogen (secondary N) is 1. The molecule has 2 atom stereocenters. The van der Waals surface area contributed by atoms with Crippen LogP contribution in [0.1, 0.15) is 31.2 Å². The van der Waals surface area contributed by atoms with Gasteiger partial charge in [0, 0.05) is 48.2 Å². The molecule has 28 heavy (non-hydrogen) atoms. The number of hydrogen-bond acceptors (Lipinski definition) is 4. The average Bonchev–Trinajstić information content (AvgIpc) is 3.18. The molecule has 6 nitrogen and oxygen atoms in total. The summed E-state index contributed by atoms with van der Waals surface area (Å²) in [6.45, 7) is 0.695. The van der Waals surface area contributed by atoms with E-state index in [1.807, 2.05) is 47.1 Å². The summed E-state index contributed by atoms with van der Waals surface area (Å²) in [6, 6.07) is 14.3. The van der Waals surface area contributed by atoms with Crippen molar-refractivity contribution in [1.29, 1.82) is 0 Å². The molecular formula is C22H25N5O. The molecule has 144 valence electrons.